The van der Waals surface area contributed by atoms with Crippen LogP contribution in [0.1, 0.15) is 74.1 Å². The molecule has 0 spiro atoms. The third-order valence-corrected chi connectivity index (χ3v) is 10.5. The Morgan fingerprint density at radius 2 is 1.65 bits per heavy atom. The maximum absolute atomic E-state index is 11.6. The van der Waals surface area contributed by atoms with E-state index in [2.05, 4.69) is 39.2 Å². The van der Waals surface area contributed by atoms with Crippen molar-refractivity contribution >= 4 is 14.4 Å². The topological polar surface area (TPSA) is 61.8 Å². The van der Waals surface area contributed by atoms with Crippen LogP contribution in [-0.4, -0.2) is 54.7 Å². The fourth-order valence-corrected chi connectivity index (χ4v) is 4.97. The maximum atomic E-state index is 11.6. The van der Waals surface area contributed by atoms with Crippen molar-refractivity contribution in [3.05, 3.63) is 0 Å². The predicted molar refractivity (Wildman–Crippen MR) is 111 cm³/mol. The number of carbonyl (C=O) groups is 1. The average molecular weight is 387 g/mol. The van der Waals surface area contributed by atoms with Gasteiger partial charge in [-0.3, -0.25) is 4.90 Å². The Morgan fingerprint density at radius 1 is 1.15 bits per heavy atom. The summed E-state index contributed by atoms with van der Waals surface area (Å²) in [7, 11) is -1.69. The Kier molecular flexibility index (Phi) is 7.77. The number of hydrogen-bond acceptors (Lipinski definition) is 3. The molecule has 0 aromatic heterocycles. The second-order valence-electron chi connectivity index (χ2n) is 10.4. The summed E-state index contributed by atoms with van der Waals surface area (Å²) in [4.78, 5) is 13.1. The van der Waals surface area contributed by atoms with E-state index in [1.807, 2.05) is 27.7 Å². The summed E-state index contributed by atoms with van der Waals surface area (Å²) in [6.07, 6.45) is 3.94. The van der Waals surface area contributed by atoms with Gasteiger partial charge in [-0.1, -0.05) is 20.8 Å². The zero-order valence-corrected chi connectivity index (χ0v) is 19.5. The van der Waals surface area contributed by atoms with Gasteiger partial charge in [-0.15, -0.1) is 0 Å². The highest BCUT2D eigenvalue weighted by molar-refractivity contribution is 6.74. The van der Waals surface area contributed by atoms with E-state index in [9.17, 15) is 9.90 Å². The molecule has 1 aliphatic carbocycles. The van der Waals surface area contributed by atoms with E-state index in [0.29, 0.717) is 18.7 Å². The van der Waals surface area contributed by atoms with Gasteiger partial charge in [0.15, 0.2) is 8.32 Å². The Balaban J connectivity index is 2.47. The Bertz CT molecular complexity index is 461. The fraction of sp³-hybridized carbons (Fsp3) is 0.950. The Hall–Kier alpha value is -0.593. The number of rotatable bonds is 6. The van der Waals surface area contributed by atoms with Crippen LogP contribution in [0.2, 0.25) is 18.1 Å². The summed E-state index contributed by atoms with van der Waals surface area (Å²) < 4.78 is 6.56. The first-order chi connectivity index (χ1) is 11.6. The lowest BCUT2D eigenvalue weighted by molar-refractivity contribution is 0.0721. The summed E-state index contributed by atoms with van der Waals surface area (Å²) in [6.45, 7) is 20.0. The highest BCUT2D eigenvalue weighted by Crippen LogP contribution is 2.39. The minimum Gasteiger partial charge on any atom is -0.465 e. The molecule has 1 atom stereocenters. The number of hydrogen-bond donors (Lipinski definition) is 2. The Morgan fingerprint density at radius 3 is 2.04 bits per heavy atom. The lowest BCUT2D eigenvalue weighted by Crippen LogP contribution is -2.54. The molecule has 1 fully saturated rings. The molecule has 1 aliphatic rings. The van der Waals surface area contributed by atoms with Gasteiger partial charge in [0, 0.05) is 30.3 Å². The molecule has 154 valence electrons. The summed E-state index contributed by atoms with van der Waals surface area (Å²) in [5.74, 6) is 0. The predicted octanol–water partition coefficient (Wildman–Crippen LogP) is 5.08. The van der Waals surface area contributed by atoms with Gasteiger partial charge in [0.25, 0.3) is 0 Å². The molecule has 1 saturated carbocycles. The van der Waals surface area contributed by atoms with Crippen molar-refractivity contribution in [2.75, 3.05) is 6.54 Å². The highest BCUT2D eigenvalue weighted by Gasteiger charge is 2.40. The van der Waals surface area contributed by atoms with Crippen LogP contribution in [0.4, 0.5) is 4.79 Å². The van der Waals surface area contributed by atoms with Gasteiger partial charge < -0.3 is 14.8 Å². The van der Waals surface area contributed by atoms with Gasteiger partial charge in [0.1, 0.15) is 0 Å². The number of carboxylic acid groups (broad SMARTS) is 1. The molecule has 0 saturated heterocycles. The van der Waals surface area contributed by atoms with Crippen molar-refractivity contribution in [3.8, 4) is 0 Å². The molecular formula is C20H42N2O3Si. The van der Waals surface area contributed by atoms with Crippen LogP contribution in [0.5, 0.6) is 0 Å². The molecule has 0 bridgehead atoms. The fourth-order valence-electron chi connectivity index (χ4n) is 3.54. The molecule has 26 heavy (non-hydrogen) atoms. The second kappa shape index (κ2) is 8.61. The Labute approximate surface area is 162 Å². The molecule has 0 heterocycles. The summed E-state index contributed by atoms with van der Waals surface area (Å²) in [6, 6.07) is 0.418. The normalized spacial score (nSPS) is 23.6. The minimum atomic E-state index is -1.69. The molecular weight excluding hydrogens is 344 g/mol. The smallest absolute Gasteiger partial charge is 0.408 e. The summed E-state index contributed by atoms with van der Waals surface area (Å²) in [5.41, 5.74) is -0.387. The van der Waals surface area contributed by atoms with E-state index in [0.717, 1.165) is 25.7 Å². The molecule has 6 heteroatoms. The molecule has 2 N–H and O–H groups in total. The van der Waals surface area contributed by atoms with E-state index in [1.54, 1.807) is 4.90 Å². The second-order valence-corrected chi connectivity index (χ2v) is 15.2. The molecule has 0 radical (unpaired) electrons. The van der Waals surface area contributed by atoms with Gasteiger partial charge in [0.2, 0.25) is 0 Å². The van der Waals surface area contributed by atoms with Crippen LogP contribution in [0.25, 0.3) is 0 Å². The summed E-state index contributed by atoms with van der Waals surface area (Å²) in [5, 5.41) is 13.4. The summed E-state index contributed by atoms with van der Waals surface area (Å²) >= 11 is 0. The van der Waals surface area contributed by atoms with Crippen LogP contribution in [-0.2, 0) is 4.43 Å². The van der Waals surface area contributed by atoms with E-state index in [1.165, 1.54) is 0 Å². The maximum Gasteiger partial charge on any atom is 0.408 e. The molecule has 1 rings (SSSR count). The zero-order valence-electron chi connectivity index (χ0n) is 18.5. The molecule has 1 amide bonds. The van der Waals surface area contributed by atoms with Gasteiger partial charge in [0.05, 0.1) is 0 Å². The monoisotopic (exact) mass is 386 g/mol. The third kappa shape index (κ3) is 6.53. The first-order valence-electron chi connectivity index (χ1n) is 10.1. The van der Waals surface area contributed by atoms with Crippen LogP contribution in [0, 0.1) is 0 Å². The van der Waals surface area contributed by atoms with E-state index >= 15 is 0 Å². The number of nitrogens with zero attached hydrogens (tertiary/aromatic N) is 1. The van der Waals surface area contributed by atoms with Crippen molar-refractivity contribution < 1.29 is 14.3 Å². The SMILES string of the molecule is C[C@H](CN[C@H]1CC[C@H](O[Si](C)(C)C(C)(C)C)CC1)N(C(=O)O)C(C)(C)C. The first-order valence-corrected chi connectivity index (χ1v) is 13.0. The average Bonchev–Trinajstić information content (AvgIpc) is 2.43. The van der Waals surface area contributed by atoms with Crippen LogP contribution in [0.3, 0.4) is 0 Å². The van der Waals surface area contributed by atoms with Gasteiger partial charge in [-0.2, -0.15) is 0 Å². The van der Waals surface area contributed by atoms with E-state index in [4.69, 9.17) is 4.43 Å². The largest absolute Gasteiger partial charge is 0.465 e. The quantitative estimate of drug-likeness (QED) is 0.625. The molecule has 5 nitrogen and oxygen atoms in total. The molecule has 0 unspecified atom stereocenters. The van der Waals surface area contributed by atoms with Crippen LogP contribution < -0.4 is 5.32 Å². The molecule has 0 aliphatic heterocycles. The van der Waals surface area contributed by atoms with Crippen molar-refractivity contribution in [2.24, 2.45) is 0 Å². The van der Waals surface area contributed by atoms with Gasteiger partial charge in [-0.25, -0.2) is 4.79 Å². The number of nitrogens with one attached hydrogen (secondary N) is 1. The first kappa shape index (κ1) is 23.4. The molecule has 0 aromatic carbocycles. The van der Waals surface area contributed by atoms with Gasteiger partial charge in [-0.05, 0) is 71.5 Å². The number of amides is 1. The van der Waals surface area contributed by atoms with Crippen molar-refractivity contribution in [1.29, 1.82) is 0 Å². The minimum absolute atomic E-state index is 0.0475. The van der Waals surface area contributed by atoms with Crippen molar-refractivity contribution in [2.45, 2.75) is 116 Å². The van der Waals surface area contributed by atoms with E-state index in [-0.39, 0.29) is 16.6 Å². The lowest BCUT2D eigenvalue weighted by atomic mass is 9.93. The van der Waals surface area contributed by atoms with E-state index < -0.39 is 14.4 Å². The highest BCUT2D eigenvalue weighted by atomic mass is 28.4. The van der Waals surface area contributed by atoms with Crippen LogP contribution >= 0.6 is 0 Å². The lowest BCUT2D eigenvalue weighted by Gasteiger charge is -2.42. The molecule has 0 aromatic rings. The third-order valence-electron chi connectivity index (χ3n) is 6.01. The van der Waals surface area contributed by atoms with Gasteiger partial charge >= 0.3 is 6.09 Å². The zero-order chi connectivity index (χ0) is 20.3. The standard InChI is InChI=1S/C20H42N2O3Si/c1-15(22(18(23)24)19(2,3)4)14-21-16-10-12-17(13-11-16)25-26(8,9)20(5,6)7/h15-17,21H,10-14H2,1-9H3,(H,23,24)/t15-,16-,17-/m1/s1. The van der Waals surface area contributed by atoms with Crippen LogP contribution in [0.15, 0.2) is 0 Å². The van der Waals surface area contributed by atoms with Crippen molar-refractivity contribution in [3.63, 3.8) is 0 Å². The van der Waals surface area contributed by atoms with Crippen molar-refractivity contribution in [1.82, 2.24) is 10.2 Å².